The summed E-state index contributed by atoms with van der Waals surface area (Å²) in [5, 5.41) is 12.7. The van der Waals surface area contributed by atoms with Gasteiger partial charge >= 0.3 is 5.97 Å². The Morgan fingerprint density at radius 2 is 1.90 bits per heavy atom. The summed E-state index contributed by atoms with van der Waals surface area (Å²) in [6.07, 6.45) is 9.45. The maximum atomic E-state index is 12.2. The number of carbonyl (C=O) groups is 4. The Morgan fingerprint density at radius 3 is 2.53 bits per heavy atom. The maximum absolute atomic E-state index is 12.2. The summed E-state index contributed by atoms with van der Waals surface area (Å²) in [5.74, 6) is -3.86. The fraction of sp³-hybridized carbons (Fsp3) is 0.545. The van der Waals surface area contributed by atoms with Gasteiger partial charge in [-0.25, -0.2) is 4.79 Å². The Balaban J connectivity index is 1.94. The van der Waals surface area contributed by atoms with Gasteiger partial charge in [-0.15, -0.1) is 0 Å². The molecule has 2 rings (SSSR count). The molecule has 2 fully saturated rings. The molecular weight excluding hydrogens is 390 g/mol. The topological polar surface area (TPSA) is 119 Å². The first-order valence-electron chi connectivity index (χ1n) is 10.1. The fourth-order valence-corrected chi connectivity index (χ4v) is 3.37. The summed E-state index contributed by atoms with van der Waals surface area (Å²) in [7, 11) is 0. The van der Waals surface area contributed by atoms with E-state index in [0.717, 1.165) is 18.6 Å². The molecule has 1 aliphatic carbocycles. The zero-order valence-electron chi connectivity index (χ0n) is 17.5. The minimum atomic E-state index is -1.47. The minimum absolute atomic E-state index is 0.0835. The standard InChI is InChI=1S/C22H29NO7/c1-4-5-6-7-8-17-14(2)18(13-22(3,28)30-17)29-20(27)12-11-19(26)23-21-15(24)9-10-16(21)25/h5-8,11-12,14,17-18,21,28H,4,9-10,13H2,1-3H3,(H,23,26)/t14-,17-,18-,22+/m1/s1. The average molecular weight is 419 g/mol. The highest BCUT2D eigenvalue weighted by Gasteiger charge is 2.42. The van der Waals surface area contributed by atoms with Crippen LogP contribution in [-0.4, -0.2) is 52.6 Å². The second-order valence-electron chi connectivity index (χ2n) is 7.72. The van der Waals surface area contributed by atoms with Crippen molar-refractivity contribution in [2.24, 2.45) is 5.92 Å². The van der Waals surface area contributed by atoms with Gasteiger partial charge in [0.15, 0.2) is 17.4 Å². The zero-order chi connectivity index (χ0) is 22.3. The van der Waals surface area contributed by atoms with Crippen LogP contribution in [0.25, 0.3) is 0 Å². The minimum Gasteiger partial charge on any atom is -0.459 e. The molecule has 30 heavy (non-hydrogen) atoms. The molecule has 2 N–H and O–H groups in total. The number of nitrogens with one attached hydrogen (secondary N) is 1. The lowest BCUT2D eigenvalue weighted by atomic mass is 9.88. The van der Waals surface area contributed by atoms with Gasteiger partial charge in [-0.1, -0.05) is 38.2 Å². The number of esters is 1. The van der Waals surface area contributed by atoms with E-state index in [0.29, 0.717) is 0 Å². The predicted molar refractivity (Wildman–Crippen MR) is 108 cm³/mol. The van der Waals surface area contributed by atoms with Gasteiger partial charge in [-0.3, -0.25) is 14.4 Å². The number of aliphatic hydroxyl groups is 1. The molecule has 1 saturated heterocycles. The van der Waals surface area contributed by atoms with Gasteiger partial charge in [0, 0.05) is 37.3 Å². The van der Waals surface area contributed by atoms with Crippen LogP contribution in [-0.2, 0) is 28.7 Å². The summed E-state index contributed by atoms with van der Waals surface area (Å²) in [6.45, 7) is 5.36. The van der Waals surface area contributed by atoms with Crippen molar-refractivity contribution in [1.82, 2.24) is 5.32 Å². The first-order chi connectivity index (χ1) is 14.1. The van der Waals surface area contributed by atoms with Crippen LogP contribution in [0, 0.1) is 5.92 Å². The Morgan fingerprint density at radius 1 is 1.23 bits per heavy atom. The molecule has 164 valence electrons. The fourth-order valence-electron chi connectivity index (χ4n) is 3.37. The molecule has 1 aliphatic heterocycles. The van der Waals surface area contributed by atoms with E-state index < -0.39 is 35.9 Å². The number of amides is 1. The third kappa shape index (κ3) is 6.74. The third-order valence-electron chi connectivity index (χ3n) is 5.04. The van der Waals surface area contributed by atoms with Crippen LogP contribution >= 0.6 is 0 Å². The number of Topliss-reactive ketones (excluding diaryl/α,β-unsaturated/α-hetero) is 2. The normalized spacial score (nSPS) is 30.6. The number of carbonyl (C=O) groups excluding carboxylic acids is 4. The Kier molecular flexibility index (Phi) is 8.25. The summed E-state index contributed by atoms with van der Waals surface area (Å²) >= 11 is 0. The van der Waals surface area contributed by atoms with E-state index in [1.54, 1.807) is 6.08 Å². The van der Waals surface area contributed by atoms with E-state index in [1.807, 2.05) is 32.1 Å². The Labute approximate surface area is 176 Å². The lowest BCUT2D eigenvalue weighted by molar-refractivity contribution is -0.268. The molecule has 8 heteroatoms. The van der Waals surface area contributed by atoms with Crippen LogP contribution in [0.5, 0.6) is 0 Å². The lowest BCUT2D eigenvalue weighted by Gasteiger charge is -2.41. The molecule has 1 heterocycles. The van der Waals surface area contributed by atoms with Crippen molar-refractivity contribution >= 4 is 23.4 Å². The van der Waals surface area contributed by atoms with Gasteiger partial charge in [-0.2, -0.15) is 0 Å². The van der Waals surface area contributed by atoms with Crippen molar-refractivity contribution in [3.05, 3.63) is 36.5 Å². The molecule has 4 atom stereocenters. The van der Waals surface area contributed by atoms with Gasteiger partial charge in [0.25, 0.3) is 0 Å². The number of hydrogen-bond acceptors (Lipinski definition) is 7. The lowest BCUT2D eigenvalue weighted by Crippen LogP contribution is -2.50. The largest absolute Gasteiger partial charge is 0.459 e. The molecule has 0 unspecified atom stereocenters. The number of ketones is 2. The number of rotatable bonds is 7. The molecule has 0 radical (unpaired) electrons. The summed E-state index contributed by atoms with van der Waals surface area (Å²) in [6, 6.07) is -1.14. The molecule has 2 aliphatic rings. The van der Waals surface area contributed by atoms with Crippen molar-refractivity contribution in [3.63, 3.8) is 0 Å². The van der Waals surface area contributed by atoms with Crippen molar-refractivity contribution in [2.75, 3.05) is 0 Å². The molecule has 0 aromatic heterocycles. The van der Waals surface area contributed by atoms with Crippen LogP contribution in [0.15, 0.2) is 36.5 Å². The highest BCUT2D eigenvalue weighted by molar-refractivity contribution is 6.14. The summed E-state index contributed by atoms with van der Waals surface area (Å²) in [4.78, 5) is 47.2. The third-order valence-corrected chi connectivity index (χ3v) is 5.04. The van der Waals surface area contributed by atoms with Gasteiger partial charge in [0.2, 0.25) is 5.91 Å². The van der Waals surface area contributed by atoms with Gasteiger partial charge in [0.05, 0.1) is 6.10 Å². The number of hydrogen-bond donors (Lipinski definition) is 2. The quantitative estimate of drug-likeness (QED) is 0.278. The molecule has 0 aromatic carbocycles. The molecule has 0 bridgehead atoms. The molecule has 8 nitrogen and oxygen atoms in total. The van der Waals surface area contributed by atoms with Crippen molar-refractivity contribution in [2.45, 2.75) is 70.5 Å². The van der Waals surface area contributed by atoms with Gasteiger partial charge in [-0.05, 0) is 13.3 Å². The van der Waals surface area contributed by atoms with E-state index in [4.69, 9.17) is 9.47 Å². The van der Waals surface area contributed by atoms with E-state index >= 15 is 0 Å². The van der Waals surface area contributed by atoms with Crippen molar-refractivity contribution in [3.8, 4) is 0 Å². The first-order valence-corrected chi connectivity index (χ1v) is 10.1. The van der Waals surface area contributed by atoms with Gasteiger partial charge < -0.3 is 19.9 Å². The highest BCUT2D eigenvalue weighted by Crippen LogP contribution is 2.33. The SMILES string of the molecule is CCC=CC=C[C@H]1O[C@](C)(O)C[C@@H](OC(=O)C=CC(=O)NC2C(=O)CCC2=O)[C@@H]1C. The summed E-state index contributed by atoms with van der Waals surface area (Å²) < 4.78 is 11.1. The predicted octanol–water partition coefficient (Wildman–Crippen LogP) is 1.53. The van der Waals surface area contributed by atoms with Gasteiger partial charge in [0.1, 0.15) is 12.1 Å². The Hall–Kier alpha value is -2.58. The average Bonchev–Trinajstić information content (AvgIpc) is 2.98. The molecule has 0 spiro atoms. The number of ether oxygens (including phenoxy) is 2. The van der Waals surface area contributed by atoms with E-state index in [-0.39, 0.29) is 36.7 Å². The van der Waals surface area contributed by atoms with Crippen LogP contribution in [0.3, 0.4) is 0 Å². The smallest absolute Gasteiger partial charge is 0.331 e. The van der Waals surface area contributed by atoms with E-state index in [9.17, 15) is 24.3 Å². The monoisotopic (exact) mass is 419 g/mol. The second kappa shape index (κ2) is 10.4. The molecule has 1 amide bonds. The van der Waals surface area contributed by atoms with E-state index in [1.165, 1.54) is 6.92 Å². The molecule has 1 saturated carbocycles. The first kappa shape index (κ1) is 23.7. The van der Waals surface area contributed by atoms with Crippen LogP contribution in [0.2, 0.25) is 0 Å². The second-order valence-corrected chi connectivity index (χ2v) is 7.72. The van der Waals surface area contributed by atoms with Crippen LogP contribution in [0.1, 0.15) is 46.5 Å². The Bertz CT molecular complexity index is 749. The zero-order valence-corrected chi connectivity index (χ0v) is 17.5. The van der Waals surface area contributed by atoms with Crippen LogP contribution in [0.4, 0.5) is 0 Å². The molecular formula is C22H29NO7. The van der Waals surface area contributed by atoms with Crippen LogP contribution < -0.4 is 5.32 Å². The number of allylic oxidation sites excluding steroid dienone is 3. The van der Waals surface area contributed by atoms with E-state index in [2.05, 4.69) is 5.32 Å². The summed E-state index contributed by atoms with van der Waals surface area (Å²) in [5.41, 5.74) is 0. The van der Waals surface area contributed by atoms with Crippen molar-refractivity contribution < 1.29 is 33.8 Å². The van der Waals surface area contributed by atoms with Crippen molar-refractivity contribution in [1.29, 1.82) is 0 Å². The molecule has 0 aromatic rings. The highest BCUT2D eigenvalue weighted by atomic mass is 16.6. The maximum Gasteiger partial charge on any atom is 0.331 e.